The van der Waals surface area contributed by atoms with Crippen molar-refractivity contribution in [3.63, 3.8) is 0 Å². The molecule has 0 amide bonds. The third kappa shape index (κ3) is 2.62. The van der Waals surface area contributed by atoms with E-state index in [0.29, 0.717) is 26.9 Å². The lowest BCUT2D eigenvalue weighted by atomic mass is 10.1. The average Bonchev–Trinajstić information content (AvgIpc) is 2.87. The maximum Gasteiger partial charge on any atom is 0.169 e. The van der Waals surface area contributed by atoms with Crippen LogP contribution in [0.3, 0.4) is 0 Å². The molecule has 2 heterocycles. The normalized spacial score (nSPS) is 12.8. The number of benzene rings is 1. The zero-order valence-electron chi connectivity index (χ0n) is 11.0. The van der Waals surface area contributed by atoms with Crippen molar-refractivity contribution < 1.29 is 8.81 Å². The van der Waals surface area contributed by atoms with Crippen LogP contribution in [0.1, 0.15) is 17.5 Å². The summed E-state index contributed by atoms with van der Waals surface area (Å²) in [5, 5.41) is 4.63. The zero-order chi connectivity index (χ0) is 15.0. The Hall–Kier alpha value is -1.62. The Morgan fingerprint density at radius 1 is 1.29 bits per heavy atom. The van der Waals surface area contributed by atoms with Crippen molar-refractivity contribution in [2.24, 2.45) is 0 Å². The maximum absolute atomic E-state index is 13.7. The SMILES string of the molecule is CNC(c1cc2cccc(F)c2o1)c1ncc(Cl)cc1Cl. The van der Waals surface area contributed by atoms with Gasteiger partial charge in [-0.2, -0.15) is 0 Å². The van der Waals surface area contributed by atoms with Gasteiger partial charge in [0.05, 0.1) is 15.7 Å². The summed E-state index contributed by atoms with van der Waals surface area (Å²) >= 11 is 12.0. The number of hydrogen-bond acceptors (Lipinski definition) is 3. The number of furan rings is 1. The van der Waals surface area contributed by atoms with Crippen molar-refractivity contribution in [1.29, 1.82) is 0 Å². The highest BCUT2D eigenvalue weighted by Gasteiger charge is 2.21. The Morgan fingerprint density at radius 3 is 2.76 bits per heavy atom. The van der Waals surface area contributed by atoms with Gasteiger partial charge in [-0.3, -0.25) is 4.98 Å². The highest BCUT2D eigenvalue weighted by atomic mass is 35.5. The summed E-state index contributed by atoms with van der Waals surface area (Å²) in [4.78, 5) is 4.24. The minimum atomic E-state index is -0.399. The van der Waals surface area contributed by atoms with Gasteiger partial charge >= 0.3 is 0 Å². The number of pyridine rings is 1. The van der Waals surface area contributed by atoms with Crippen LogP contribution in [0.15, 0.2) is 40.9 Å². The Labute approximate surface area is 130 Å². The van der Waals surface area contributed by atoms with E-state index < -0.39 is 5.82 Å². The molecule has 108 valence electrons. The van der Waals surface area contributed by atoms with Gasteiger partial charge in [0.25, 0.3) is 0 Å². The van der Waals surface area contributed by atoms with Crippen LogP contribution in [0.2, 0.25) is 10.0 Å². The zero-order valence-corrected chi connectivity index (χ0v) is 12.5. The van der Waals surface area contributed by atoms with E-state index in [4.69, 9.17) is 27.6 Å². The number of aromatic nitrogens is 1. The van der Waals surface area contributed by atoms with Crippen molar-refractivity contribution in [3.05, 3.63) is 63.8 Å². The summed E-state index contributed by atoms with van der Waals surface area (Å²) < 4.78 is 19.4. The molecule has 3 nitrogen and oxygen atoms in total. The molecule has 0 aliphatic carbocycles. The van der Waals surface area contributed by atoms with Crippen LogP contribution in [0.5, 0.6) is 0 Å². The van der Waals surface area contributed by atoms with Crippen LogP contribution in [0.4, 0.5) is 4.39 Å². The quantitative estimate of drug-likeness (QED) is 0.766. The van der Waals surface area contributed by atoms with Crippen molar-refractivity contribution >= 4 is 34.2 Å². The fourth-order valence-corrected chi connectivity index (χ4v) is 2.73. The molecule has 0 saturated heterocycles. The average molecular weight is 325 g/mol. The van der Waals surface area contributed by atoms with Crippen molar-refractivity contribution in [2.45, 2.75) is 6.04 Å². The lowest BCUT2D eigenvalue weighted by molar-refractivity contribution is 0.472. The van der Waals surface area contributed by atoms with E-state index in [0.717, 1.165) is 0 Å². The Kier molecular flexibility index (Phi) is 3.85. The standard InChI is InChI=1S/C15H11Cl2FN2O/c1-19-14(13-10(17)6-9(16)7-20-13)12-5-8-3-2-4-11(18)15(8)21-12/h2-7,14,19H,1H3. The van der Waals surface area contributed by atoms with Gasteiger partial charge < -0.3 is 9.73 Å². The minimum absolute atomic E-state index is 0.220. The third-order valence-corrected chi connectivity index (χ3v) is 3.71. The Balaban J connectivity index is 2.11. The van der Waals surface area contributed by atoms with Gasteiger partial charge in [0, 0.05) is 11.6 Å². The molecule has 1 aromatic carbocycles. The van der Waals surface area contributed by atoms with Gasteiger partial charge in [-0.25, -0.2) is 4.39 Å². The fraction of sp³-hybridized carbons (Fsp3) is 0.133. The van der Waals surface area contributed by atoms with Crippen LogP contribution < -0.4 is 5.32 Å². The lowest BCUT2D eigenvalue weighted by Crippen LogP contribution is -2.18. The first kappa shape index (κ1) is 14.3. The number of hydrogen-bond donors (Lipinski definition) is 1. The molecule has 0 radical (unpaired) electrons. The fourth-order valence-electron chi connectivity index (χ4n) is 2.24. The van der Waals surface area contributed by atoms with E-state index in [1.807, 2.05) is 0 Å². The van der Waals surface area contributed by atoms with E-state index >= 15 is 0 Å². The first-order valence-corrected chi connectivity index (χ1v) is 7.02. The molecule has 0 aliphatic heterocycles. The van der Waals surface area contributed by atoms with Gasteiger partial charge in [-0.15, -0.1) is 0 Å². The van der Waals surface area contributed by atoms with Gasteiger partial charge in [0.15, 0.2) is 11.4 Å². The van der Waals surface area contributed by atoms with E-state index in [1.165, 1.54) is 12.3 Å². The summed E-state index contributed by atoms with van der Waals surface area (Å²) in [5.74, 6) is 0.137. The van der Waals surface area contributed by atoms with Crippen molar-refractivity contribution in [3.8, 4) is 0 Å². The molecule has 21 heavy (non-hydrogen) atoms. The van der Waals surface area contributed by atoms with E-state index in [2.05, 4.69) is 10.3 Å². The molecule has 2 aromatic heterocycles. The predicted molar refractivity (Wildman–Crippen MR) is 81.3 cm³/mol. The monoisotopic (exact) mass is 324 g/mol. The molecule has 0 aliphatic rings. The van der Waals surface area contributed by atoms with E-state index in [-0.39, 0.29) is 11.6 Å². The molecule has 1 unspecified atom stereocenters. The molecule has 0 spiro atoms. The topological polar surface area (TPSA) is 38.1 Å². The summed E-state index contributed by atoms with van der Waals surface area (Å²) in [6.07, 6.45) is 1.51. The van der Waals surface area contributed by atoms with Gasteiger partial charge in [-0.05, 0) is 25.2 Å². The van der Waals surface area contributed by atoms with Crippen LogP contribution in [-0.4, -0.2) is 12.0 Å². The van der Waals surface area contributed by atoms with Crippen LogP contribution in [0.25, 0.3) is 11.0 Å². The third-order valence-electron chi connectivity index (χ3n) is 3.20. The molecular weight excluding hydrogens is 314 g/mol. The first-order chi connectivity index (χ1) is 10.1. The largest absolute Gasteiger partial charge is 0.456 e. The van der Waals surface area contributed by atoms with Crippen molar-refractivity contribution in [2.75, 3.05) is 7.05 Å². The first-order valence-electron chi connectivity index (χ1n) is 6.26. The van der Waals surface area contributed by atoms with Gasteiger partial charge in [0.2, 0.25) is 0 Å². The number of para-hydroxylation sites is 1. The van der Waals surface area contributed by atoms with E-state index in [9.17, 15) is 4.39 Å². The molecule has 0 fully saturated rings. The number of fused-ring (bicyclic) bond motifs is 1. The van der Waals surface area contributed by atoms with Gasteiger partial charge in [-0.1, -0.05) is 35.3 Å². The van der Waals surface area contributed by atoms with Crippen LogP contribution >= 0.6 is 23.2 Å². The molecule has 3 aromatic rings. The molecule has 1 N–H and O–H groups in total. The molecule has 6 heteroatoms. The molecular formula is C15H11Cl2FN2O. The highest BCUT2D eigenvalue weighted by Crippen LogP contribution is 2.32. The molecule has 0 saturated carbocycles. The van der Waals surface area contributed by atoms with E-state index in [1.54, 1.807) is 31.3 Å². The number of halogens is 3. The number of nitrogens with one attached hydrogen (secondary N) is 1. The number of rotatable bonds is 3. The minimum Gasteiger partial charge on any atom is -0.456 e. The summed E-state index contributed by atoms with van der Waals surface area (Å²) in [5.41, 5.74) is 0.792. The van der Waals surface area contributed by atoms with Gasteiger partial charge in [0.1, 0.15) is 11.8 Å². The summed E-state index contributed by atoms with van der Waals surface area (Å²) in [6, 6.07) is 7.78. The summed E-state index contributed by atoms with van der Waals surface area (Å²) in [6.45, 7) is 0. The molecule has 0 bridgehead atoms. The van der Waals surface area contributed by atoms with Crippen molar-refractivity contribution in [1.82, 2.24) is 10.3 Å². The smallest absolute Gasteiger partial charge is 0.169 e. The Morgan fingerprint density at radius 2 is 2.10 bits per heavy atom. The lowest BCUT2D eigenvalue weighted by Gasteiger charge is -2.14. The molecule has 1 atom stereocenters. The second-order valence-corrected chi connectivity index (χ2v) is 5.39. The Bertz CT molecular complexity index is 803. The highest BCUT2D eigenvalue weighted by molar-refractivity contribution is 6.34. The van der Waals surface area contributed by atoms with Crippen LogP contribution in [0, 0.1) is 5.82 Å². The van der Waals surface area contributed by atoms with Crippen LogP contribution in [-0.2, 0) is 0 Å². The second-order valence-electron chi connectivity index (χ2n) is 4.55. The number of nitrogens with zero attached hydrogens (tertiary/aromatic N) is 1. The maximum atomic E-state index is 13.7. The molecule has 3 rings (SSSR count). The predicted octanol–water partition coefficient (Wildman–Crippen LogP) is 4.58. The summed E-state index contributed by atoms with van der Waals surface area (Å²) in [7, 11) is 1.75. The second kappa shape index (κ2) is 5.64.